The molecule has 0 aliphatic rings. The lowest BCUT2D eigenvalue weighted by molar-refractivity contribution is -0.122. The number of carbonyl (C=O) groups is 1. The zero-order valence-corrected chi connectivity index (χ0v) is 32.6. The fourth-order valence-corrected chi connectivity index (χ4v) is 7.07. The molecule has 0 radical (unpaired) electrons. The molecular weight excluding hydrogens is 655 g/mol. The Hall–Kier alpha value is -3.93. The van der Waals surface area contributed by atoms with Crippen LogP contribution in [0.4, 0.5) is 0 Å². The Kier molecular flexibility index (Phi) is 19.8. The third-order valence-electron chi connectivity index (χ3n) is 10.2. The zero-order valence-electron chi connectivity index (χ0n) is 32.6. The van der Waals surface area contributed by atoms with Gasteiger partial charge in [-0.25, -0.2) is 0 Å². The van der Waals surface area contributed by atoms with Crippen molar-refractivity contribution in [3.63, 3.8) is 0 Å². The first-order valence-electron chi connectivity index (χ1n) is 20.5. The summed E-state index contributed by atoms with van der Waals surface area (Å²) in [5, 5.41) is 3.18. The van der Waals surface area contributed by atoms with E-state index < -0.39 is 5.60 Å². The lowest BCUT2D eigenvalue weighted by Gasteiger charge is -2.37. The first-order chi connectivity index (χ1) is 26.2. The van der Waals surface area contributed by atoms with Gasteiger partial charge in [-0.05, 0) is 40.8 Å². The molecule has 0 saturated heterocycles. The van der Waals surface area contributed by atoms with Crippen molar-refractivity contribution in [2.24, 2.45) is 0 Å². The van der Waals surface area contributed by atoms with Crippen LogP contribution in [-0.2, 0) is 26.5 Å². The van der Waals surface area contributed by atoms with Gasteiger partial charge in [0.05, 0.1) is 26.4 Å². The van der Waals surface area contributed by atoms with Crippen molar-refractivity contribution in [3.8, 4) is 5.75 Å². The van der Waals surface area contributed by atoms with Gasteiger partial charge in [0, 0.05) is 13.0 Å². The van der Waals surface area contributed by atoms with Crippen molar-refractivity contribution >= 4 is 5.91 Å². The Morgan fingerprint density at radius 2 is 1.04 bits per heavy atom. The van der Waals surface area contributed by atoms with Gasteiger partial charge in [-0.15, -0.1) is 0 Å². The second-order valence-electron chi connectivity index (χ2n) is 14.4. The van der Waals surface area contributed by atoms with Crippen LogP contribution >= 0.6 is 0 Å². The number of methoxy groups -OCH3 is 1. The largest absolute Gasteiger partial charge is 0.497 e. The molecule has 5 heteroatoms. The second kappa shape index (κ2) is 25.2. The molecule has 0 saturated carbocycles. The van der Waals surface area contributed by atoms with E-state index in [4.69, 9.17) is 14.2 Å². The standard InChI is InChI=1S/C48H65NO4/c1-3-4-5-6-7-8-9-10-11-12-13-14-15-16-26-33-47(50)49-38-46(52-39-41-27-20-17-21-28-41)40-53-48(42-29-22-18-23-30-42,43-31-24-19-25-32-43)44-34-36-45(51-2)37-35-44/h17-25,27-32,34-37,46H,3-16,26,33,38-40H2,1-2H3,(H,49,50)/t46-/m1/s1. The molecule has 4 aromatic rings. The summed E-state index contributed by atoms with van der Waals surface area (Å²) in [5.41, 5.74) is 3.16. The highest BCUT2D eigenvalue weighted by molar-refractivity contribution is 5.75. The number of benzene rings is 4. The Labute approximate surface area is 320 Å². The quantitative estimate of drug-likeness (QED) is 0.0469. The van der Waals surface area contributed by atoms with Gasteiger partial charge in [0.2, 0.25) is 5.91 Å². The Morgan fingerprint density at radius 1 is 0.585 bits per heavy atom. The van der Waals surface area contributed by atoms with Gasteiger partial charge in [0.1, 0.15) is 11.4 Å². The number of hydrogen-bond acceptors (Lipinski definition) is 4. The van der Waals surface area contributed by atoms with Gasteiger partial charge in [-0.1, -0.05) is 200 Å². The number of rotatable bonds is 28. The molecule has 0 aliphatic carbocycles. The summed E-state index contributed by atoms with van der Waals surface area (Å²) in [6, 6.07) is 38.9. The summed E-state index contributed by atoms with van der Waals surface area (Å²) in [5.74, 6) is 0.852. The summed E-state index contributed by atoms with van der Waals surface area (Å²) in [6.07, 6.45) is 19.8. The highest BCUT2D eigenvalue weighted by Crippen LogP contribution is 2.41. The minimum absolute atomic E-state index is 0.0699. The van der Waals surface area contributed by atoms with Gasteiger partial charge in [0.25, 0.3) is 0 Å². The zero-order chi connectivity index (χ0) is 37.2. The molecule has 0 heterocycles. The molecular formula is C48H65NO4. The smallest absolute Gasteiger partial charge is 0.220 e. The van der Waals surface area contributed by atoms with Crippen LogP contribution < -0.4 is 10.1 Å². The molecule has 0 fully saturated rings. The predicted molar refractivity (Wildman–Crippen MR) is 219 cm³/mol. The van der Waals surface area contributed by atoms with E-state index in [1.165, 1.54) is 83.5 Å². The van der Waals surface area contributed by atoms with Gasteiger partial charge in [0.15, 0.2) is 0 Å². The molecule has 1 amide bonds. The Balaban J connectivity index is 1.31. The van der Waals surface area contributed by atoms with Crippen molar-refractivity contribution in [1.82, 2.24) is 5.32 Å². The van der Waals surface area contributed by atoms with E-state index in [-0.39, 0.29) is 18.6 Å². The van der Waals surface area contributed by atoms with E-state index in [1.54, 1.807) is 7.11 Å². The molecule has 5 nitrogen and oxygen atoms in total. The van der Waals surface area contributed by atoms with Gasteiger partial charge >= 0.3 is 0 Å². The van der Waals surface area contributed by atoms with E-state index in [2.05, 4.69) is 60.8 Å². The summed E-state index contributed by atoms with van der Waals surface area (Å²) >= 11 is 0. The van der Waals surface area contributed by atoms with Crippen LogP contribution in [0.15, 0.2) is 115 Å². The van der Waals surface area contributed by atoms with Crippen LogP contribution in [0, 0.1) is 0 Å². The molecule has 53 heavy (non-hydrogen) atoms. The molecule has 4 rings (SSSR count). The normalized spacial score (nSPS) is 12.0. The van der Waals surface area contributed by atoms with Gasteiger partial charge in [-0.3, -0.25) is 4.79 Å². The minimum atomic E-state index is -0.916. The fourth-order valence-electron chi connectivity index (χ4n) is 7.07. The Bertz CT molecular complexity index is 1450. The number of unbranched alkanes of at least 4 members (excludes halogenated alkanes) is 14. The van der Waals surface area contributed by atoms with Gasteiger partial charge < -0.3 is 19.5 Å². The van der Waals surface area contributed by atoms with E-state index in [0.29, 0.717) is 19.6 Å². The lowest BCUT2D eigenvalue weighted by Crippen LogP contribution is -2.41. The Morgan fingerprint density at radius 3 is 1.53 bits per heavy atom. The maximum Gasteiger partial charge on any atom is 0.220 e. The van der Waals surface area contributed by atoms with Crippen molar-refractivity contribution in [2.45, 2.75) is 128 Å². The summed E-state index contributed by atoms with van der Waals surface area (Å²) in [6.45, 7) is 3.34. The third kappa shape index (κ3) is 14.8. The summed E-state index contributed by atoms with van der Waals surface area (Å²) < 4.78 is 19.1. The molecule has 4 aromatic carbocycles. The first-order valence-corrected chi connectivity index (χ1v) is 20.5. The topological polar surface area (TPSA) is 56.8 Å². The van der Waals surface area contributed by atoms with Crippen molar-refractivity contribution in [1.29, 1.82) is 0 Å². The first kappa shape index (κ1) is 41.8. The van der Waals surface area contributed by atoms with Gasteiger partial charge in [-0.2, -0.15) is 0 Å². The monoisotopic (exact) mass is 719 g/mol. The van der Waals surface area contributed by atoms with Crippen LogP contribution in [0.1, 0.15) is 132 Å². The van der Waals surface area contributed by atoms with E-state index in [1.807, 2.05) is 66.7 Å². The molecule has 0 aliphatic heterocycles. The molecule has 0 spiro atoms. The summed E-state index contributed by atoms with van der Waals surface area (Å²) in [7, 11) is 1.68. The maximum absolute atomic E-state index is 13.1. The van der Waals surface area contributed by atoms with Crippen molar-refractivity contribution < 1.29 is 19.0 Å². The molecule has 286 valence electrons. The molecule has 1 N–H and O–H groups in total. The van der Waals surface area contributed by atoms with Crippen LogP contribution in [0.2, 0.25) is 0 Å². The number of carbonyl (C=O) groups excluding carboxylic acids is 1. The predicted octanol–water partition coefficient (Wildman–Crippen LogP) is 12.0. The number of hydrogen-bond donors (Lipinski definition) is 1. The molecule has 0 aromatic heterocycles. The lowest BCUT2D eigenvalue weighted by atomic mass is 9.80. The SMILES string of the molecule is CCCCCCCCCCCCCCCCCC(=O)NC[C@H](COC(c1ccccc1)(c1ccccc1)c1ccc(OC)cc1)OCc1ccccc1. The van der Waals surface area contributed by atoms with E-state index >= 15 is 0 Å². The molecule has 1 atom stereocenters. The number of nitrogens with one attached hydrogen (secondary N) is 1. The van der Waals surface area contributed by atoms with Crippen molar-refractivity contribution in [2.75, 3.05) is 20.3 Å². The second-order valence-corrected chi connectivity index (χ2v) is 14.4. The fraction of sp³-hybridized carbons (Fsp3) is 0.479. The van der Waals surface area contributed by atoms with E-state index in [0.717, 1.165) is 40.8 Å². The van der Waals surface area contributed by atoms with Crippen molar-refractivity contribution in [3.05, 3.63) is 138 Å². The number of amides is 1. The third-order valence-corrected chi connectivity index (χ3v) is 10.2. The summed E-state index contributed by atoms with van der Waals surface area (Å²) in [4.78, 5) is 13.1. The number of ether oxygens (including phenoxy) is 3. The minimum Gasteiger partial charge on any atom is -0.497 e. The highest BCUT2D eigenvalue weighted by Gasteiger charge is 2.38. The van der Waals surface area contributed by atoms with E-state index in [9.17, 15) is 4.79 Å². The van der Waals surface area contributed by atoms with Crippen LogP contribution in [-0.4, -0.2) is 32.3 Å². The maximum atomic E-state index is 13.1. The average molecular weight is 720 g/mol. The van der Waals surface area contributed by atoms with Crippen LogP contribution in [0.25, 0.3) is 0 Å². The molecule has 0 unspecified atom stereocenters. The highest BCUT2D eigenvalue weighted by atomic mass is 16.5. The molecule has 0 bridgehead atoms. The van der Waals surface area contributed by atoms with Crippen LogP contribution in [0.5, 0.6) is 5.75 Å². The average Bonchev–Trinajstić information content (AvgIpc) is 3.21. The van der Waals surface area contributed by atoms with Crippen LogP contribution in [0.3, 0.4) is 0 Å².